The maximum atomic E-state index is 12.4. The SMILES string of the molecule is O=S(=O)(c1ccc(Cl)s1)N(CCCl)C1CCC1. The molecule has 0 radical (unpaired) electrons. The van der Waals surface area contributed by atoms with E-state index in [1.807, 2.05) is 0 Å². The zero-order valence-corrected chi connectivity index (χ0v) is 12.2. The summed E-state index contributed by atoms with van der Waals surface area (Å²) in [5.41, 5.74) is 0. The van der Waals surface area contributed by atoms with E-state index in [1.165, 1.54) is 4.31 Å². The maximum Gasteiger partial charge on any atom is 0.252 e. The van der Waals surface area contributed by atoms with Crippen LogP contribution in [-0.4, -0.2) is 31.2 Å². The number of halogens is 2. The Bertz CT molecular complexity index is 482. The highest BCUT2D eigenvalue weighted by atomic mass is 35.5. The minimum absolute atomic E-state index is 0.111. The van der Waals surface area contributed by atoms with Gasteiger partial charge >= 0.3 is 0 Å². The number of hydrogen-bond acceptors (Lipinski definition) is 3. The van der Waals surface area contributed by atoms with Gasteiger partial charge in [0, 0.05) is 18.5 Å². The molecule has 17 heavy (non-hydrogen) atoms. The molecule has 0 amide bonds. The van der Waals surface area contributed by atoms with E-state index < -0.39 is 10.0 Å². The molecule has 0 aliphatic heterocycles. The van der Waals surface area contributed by atoms with Crippen molar-refractivity contribution >= 4 is 44.6 Å². The number of nitrogens with zero attached hydrogens (tertiary/aromatic N) is 1. The molecule has 1 aliphatic carbocycles. The maximum absolute atomic E-state index is 12.4. The molecule has 0 spiro atoms. The van der Waals surface area contributed by atoms with Gasteiger partial charge in [-0.3, -0.25) is 0 Å². The van der Waals surface area contributed by atoms with E-state index in [0.29, 0.717) is 21.0 Å². The predicted molar refractivity (Wildman–Crippen MR) is 71.6 cm³/mol. The van der Waals surface area contributed by atoms with Gasteiger partial charge in [0.05, 0.1) is 4.34 Å². The molecule has 0 aromatic carbocycles. The smallest absolute Gasteiger partial charge is 0.206 e. The second-order valence-corrected chi connectivity index (χ2v) is 8.16. The summed E-state index contributed by atoms with van der Waals surface area (Å²) in [5.74, 6) is 0.314. The molecule has 0 N–H and O–H groups in total. The Balaban J connectivity index is 2.27. The van der Waals surface area contributed by atoms with E-state index in [9.17, 15) is 8.42 Å². The van der Waals surface area contributed by atoms with Gasteiger partial charge in [-0.25, -0.2) is 8.42 Å². The number of sulfonamides is 1. The largest absolute Gasteiger partial charge is 0.252 e. The molecule has 0 saturated heterocycles. The first-order valence-electron chi connectivity index (χ1n) is 5.39. The number of alkyl halides is 1. The first-order chi connectivity index (χ1) is 8.05. The van der Waals surface area contributed by atoms with Gasteiger partial charge in [0.1, 0.15) is 4.21 Å². The van der Waals surface area contributed by atoms with Crippen molar-refractivity contribution in [3.05, 3.63) is 16.5 Å². The molecule has 0 atom stereocenters. The number of rotatable bonds is 5. The van der Waals surface area contributed by atoms with Crippen LogP contribution in [0.1, 0.15) is 19.3 Å². The Morgan fingerprint density at radius 2 is 2.12 bits per heavy atom. The molecule has 1 saturated carbocycles. The molecule has 7 heteroatoms. The van der Waals surface area contributed by atoms with Gasteiger partial charge in [0.25, 0.3) is 10.0 Å². The fourth-order valence-electron chi connectivity index (χ4n) is 1.81. The molecule has 0 unspecified atom stereocenters. The lowest BCUT2D eigenvalue weighted by molar-refractivity contribution is 0.228. The standard InChI is InChI=1S/C10H13Cl2NO2S2/c11-6-7-13(8-2-1-3-8)17(14,15)10-5-4-9(12)16-10/h4-5,8H,1-3,6-7H2. The lowest BCUT2D eigenvalue weighted by Crippen LogP contribution is -2.44. The Morgan fingerprint density at radius 1 is 1.41 bits per heavy atom. The highest BCUT2D eigenvalue weighted by molar-refractivity contribution is 7.91. The average molecular weight is 314 g/mol. The lowest BCUT2D eigenvalue weighted by Gasteiger charge is -2.35. The van der Waals surface area contributed by atoms with Gasteiger partial charge in [0.2, 0.25) is 0 Å². The Kier molecular flexibility index (Phi) is 4.36. The van der Waals surface area contributed by atoms with Gasteiger partial charge in [-0.15, -0.1) is 22.9 Å². The van der Waals surface area contributed by atoms with Crippen molar-refractivity contribution < 1.29 is 8.42 Å². The van der Waals surface area contributed by atoms with Crippen LogP contribution in [0, 0.1) is 0 Å². The van der Waals surface area contributed by atoms with Gasteiger partial charge in [-0.05, 0) is 25.0 Å². The third kappa shape index (κ3) is 2.79. The molecule has 1 aliphatic rings. The molecule has 1 aromatic rings. The van der Waals surface area contributed by atoms with E-state index in [4.69, 9.17) is 23.2 Å². The van der Waals surface area contributed by atoms with Gasteiger partial charge in [-0.2, -0.15) is 4.31 Å². The van der Waals surface area contributed by atoms with E-state index in [2.05, 4.69) is 0 Å². The van der Waals surface area contributed by atoms with Gasteiger partial charge < -0.3 is 0 Å². The summed E-state index contributed by atoms with van der Waals surface area (Å²) < 4.78 is 27.1. The number of thiophene rings is 1. The average Bonchev–Trinajstić information content (AvgIpc) is 2.62. The van der Waals surface area contributed by atoms with Gasteiger partial charge in [-0.1, -0.05) is 18.0 Å². The van der Waals surface area contributed by atoms with E-state index in [0.717, 1.165) is 30.6 Å². The first-order valence-corrected chi connectivity index (χ1v) is 8.56. The molecular formula is C10H13Cl2NO2S2. The zero-order chi connectivity index (χ0) is 12.5. The first kappa shape index (κ1) is 13.6. The summed E-state index contributed by atoms with van der Waals surface area (Å²) in [6.07, 6.45) is 2.94. The summed E-state index contributed by atoms with van der Waals surface area (Å²) in [4.78, 5) is 0. The quantitative estimate of drug-likeness (QED) is 0.783. The third-order valence-corrected chi connectivity index (χ3v) is 6.72. The Morgan fingerprint density at radius 3 is 2.53 bits per heavy atom. The van der Waals surface area contributed by atoms with Crippen LogP contribution in [0.3, 0.4) is 0 Å². The summed E-state index contributed by atoms with van der Waals surface area (Å²) >= 11 is 12.6. The van der Waals surface area contributed by atoms with Crippen LogP contribution in [-0.2, 0) is 10.0 Å². The summed E-state index contributed by atoms with van der Waals surface area (Å²) in [7, 11) is -3.42. The summed E-state index contributed by atoms with van der Waals surface area (Å²) in [5, 5.41) is 0. The van der Waals surface area contributed by atoms with Crippen molar-refractivity contribution in [2.24, 2.45) is 0 Å². The van der Waals surface area contributed by atoms with Crippen molar-refractivity contribution in [1.29, 1.82) is 0 Å². The topological polar surface area (TPSA) is 37.4 Å². The third-order valence-electron chi connectivity index (χ3n) is 2.90. The molecule has 96 valence electrons. The van der Waals surface area contributed by atoms with Crippen LogP contribution >= 0.6 is 34.5 Å². The van der Waals surface area contributed by atoms with Crippen LogP contribution < -0.4 is 0 Å². The van der Waals surface area contributed by atoms with Gasteiger partial charge in [0.15, 0.2) is 0 Å². The van der Waals surface area contributed by atoms with E-state index in [-0.39, 0.29) is 6.04 Å². The molecular weight excluding hydrogens is 301 g/mol. The van der Waals surface area contributed by atoms with Crippen LogP contribution in [0.25, 0.3) is 0 Å². The van der Waals surface area contributed by atoms with Crippen molar-refractivity contribution in [1.82, 2.24) is 4.31 Å². The minimum atomic E-state index is -3.42. The monoisotopic (exact) mass is 313 g/mol. The molecule has 0 bridgehead atoms. The van der Waals surface area contributed by atoms with E-state index in [1.54, 1.807) is 12.1 Å². The molecule has 2 rings (SSSR count). The summed E-state index contributed by atoms with van der Waals surface area (Å²) in [6, 6.07) is 3.28. The van der Waals surface area contributed by atoms with Crippen LogP contribution in [0.5, 0.6) is 0 Å². The van der Waals surface area contributed by atoms with Crippen LogP contribution in [0.2, 0.25) is 4.34 Å². The molecule has 3 nitrogen and oxygen atoms in total. The summed E-state index contributed by atoms with van der Waals surface area (Å²) in [6.45, 7) is 0.365. The van der Waals surface area contributed by atoms with Crippen molar-refractivity contribution in [2.45, 2.75) is 29.5 Å². The van der Waals surface area contributed by atoms with Crippen molar-refractivity contribution in [2.75, 3.05) is 12.4 Å². The highest BCUT2D eigenvalue weighted by Gasteiger charge is 2.35. The van der Waals surface area contributed by atoms with Crippen molar-refractivity contribution in [3.63, 3.8) is 0 Å². The second kappa shape index (κ2) is 5.45. The molecule has 1 heterocycles. The fraction of sp³-hybridized carbons (Fsp3) is 0.600. The lowest BCUT2D eigenvalue weighted by atomic mass is 9.93. The minimum Gasteiger partial charge on any atom is -0.206 e. The van der Waals surface area contributed by atoms with Crippen molar-refractivity contribution in [3.8, 4) is 0 Å². The second-order valence-electron chi connectivity index (χ2n) is 3.95. The normalized spacial score (nSPS) is 17.4. The highest BCUT2D eigenvalue weighted by Crippen LogP contribution is 2.33. The number of hydrogen-bond donors (Lipinski definition) is 0. The van der Waals surface area contributed by atoms with Crippen LogP contribution in [0.4, 0.5) is 0 Å². The molecule has 1 fully saturated rings. The predicted octanol–water partition coefficient (Wildman–Crippen LogP) is 3.18. The Hall–Kier alpha value is 0.190. The van der Waals surface area contributed by atoms with Crippen LogP contribution in [0.15, 0.2) is 16.3 Å². The Labute approximate surface area is 115 Å². The zero-order valence-electron chi connectivity index (χ0n) is 9.10. The fourth-order valence-corrected chi connectivity index (χ4v) is 5.39. The van der Waals surface area contributed by atoms with E-state index >= 15 is 0 Å². The molecule has 1 aromatic heterocycles.